The fraction of sp³-hybridized carbons (Fsp3) is 0.118. The summed E-state index contributed by atoms with van der Waals surface area (Å²) in [5.41, 5.74) is 2.85. The Morgan fingerprint density at radius 3 is 2.36 bits per heavy atom. The first-order chi connectivity index (χ1) is 10.7. The number of aromatic nitrogens is 1. The average Bonchev–Trinajstić information content (AvgIpc) is 3.23. The molecule has 0 fully saturated rings. The molecule has 22 heavy (non-hydrogen) atoms. The van der Waals surface area contributed by atoms with Gasteiger partial charge in [-0.25, -0.2) is 4.79 Å². The van der Waals surface area contributed by atoms with E-state index in [0.717, 1.165) is 22.6 Å². The summed E-state index contributed by atoms with van der Waals surface area (Å²) in [4.78, 5) is 12.6. The second-order valence-corrected chi connectivity index (χ2v) is 5.52. The summed E-state index contributed by atoms with van der Waals surface area (Å²) < 4.78 is 12.0. The summed E-state index contributed by atoms with van der Waals surface area (Å²) in [6.45, 7) is 0. The van der Waals surface area contributed by atoms with Crippen molar-refractivity contribution in [3.8, 4) is 22.6 Å². The lowest BCUT2D eigenvalue weighted by Gasteiger charge is -2.09. The van der Waals surface area contributed by atoms with Gasteiger partial charge in [0.25, 0.3) is 0 Å². The van der Waals surface area contributed by atoms with E-state index in [1.165, 1.54) is 18.4 Å². The van der Waals surface area contributed by atoms with E-state index in [4.69, 9.17) is 9.47 Å². The highest BCUT2D eigenvalue weighted by atomic mass is 32.1. The van der Waals surface area contributed by atoms with E-state index in [1.54, 1.807) is 7.11 Å². The van der Waals surface area contributed by atoms with Crippen LogP contribution in [0.5, 0.6) is 5.75 Å². The number of ether oxygens (including phenoxy) is 2. The smallest absolute Gasteiger partial charge is 0.350 e. The zero-order valence-electron chi connectivity index (χ0n) is 12.3. The maximum Gasteiger partial charge on any atom is 0.350 e. The van der Waals surface area contributed by atoms with E-state index in [2.05, 4.69) is 0 Å². The van der Waals surface area contributed by atoms with E-state index in [-0.39, 0.29) is 5.97 Å². The molecule has 0 radical (unpaired) electrons. The van der Waals surface area contributed by atoms with Gasteiger partial charge in [-0.3, -0.25) is 0 Å². The van der Waals surface area contributed by atoms with Crippen LogP contribution < -0.4 is 4.74 Å². The van der Waals surface area contributed by atoms with E-state index >= 15 is 0 Å². The van der Waals surface area contributed by atoms with Gasteiger partial charge in [0.05, 0.1) is 19.9 Å². The predicted octanol–water partition coefficient (Wildman–Crippen LogP) is 4.00. The number of rotatable bonds is 4. The molecular weight excluding hydrogens is 298 g/mol. The molecule has 4 nitrogen and oxygen atoms in total. The van der Waals surface area contributed by atoms with Crippen molar-refractivity contribution in [2.45, 2.75) is 0 Å². The first kappa shape index (κ1) is 14.4. The summed E-state index contributed by atoms with van der Waals surface area (Å²) in [6, 6.07) is 11.6. The molecule has 0 spiro atoms. The molecule has 0 unspecified atom stereocenters. The number of carbonyl (C=O) groups excluding carboxylic acids is 1. The Morgan fingerprint density at radius 2 is 1.77 bits per heavy atom. The van der Waals surface area contributed by atoms with Crippen LogP contribution in [0.15, 0.2) is 54.2 Å². The minimum absolute atomic E-state index is 0.325. The van der Waals surface area contributed by atoms with Crippen molar-refractivity contribution in [3.05, 3.63) is 59.0 Å². The molecule has 0 aliphatic carbocycles. The lowest BCUT2D eigenvalue weighted by atomic mass is 10.1. The molecule has 5 heteroatoms. The van der Waals surface area contributed by atoms with Gasteiger partial charge in [0, 0.05) is 23.3 Å². The van der Waals surface area contributed by atoms with Crippen LogP contribution in [0.4, 0.5) is 0 Å². The molecule has 0 atom stereocenters. The number of thiophene rings is 1. The third kappa shape index (κ3) is 2.51. The van der Waals surface area contributed by atoms with Crippen molar-refractivity contribution in [3.63, 3.8) is 0 Å². The molecule has 0 aliphatic rings. The average molecular weight is 313 g/mol. The first-order valence-electron chi connectivity index (χ1n) is 6.72. The topological polar surface area (TPSA) is 40.5 Å². The summed E-state index contributed by atoms with van der Waals surface area (Å²) in [5, 5.41) is 1.98. The third-order valence-corrected chi connectivity index (χ3v) is 4.35. The standard InChI is InChI=1S/C17H15NO3S/c1-20-13-7-5-12(6-8-13)14-11-22-16(17(19)21-2)15(14)18-9-3-4-10-18/h3-11H,1-2H3. The fourth-order valence-electron chi connectivity index (χ4n) is 2.30. The lowest BCUT2D eigenvalue weighted by Crippen LogP contribution is -2.04. The van der Waals surface area contributed by atoms with Crippen LogP contribution >= 0.6 is 11.3 Å². The van der Waals surface area contributed by atoms with Crippen LogP contribution in [0.25, 0.3) is 16.8 Å². The third-order valence-electron chi connectivity index (χ3n) is 3.40. The quantitative estimate of drug-likeness (QED) is 0.684. The highest BCUT2D eigenvalue weighted by Gasteiger charge is 2.20. The van der Waals surface area contributed by atoms with Gasteiger partial charge < -0.3 is 14.0 Å². The van der Waals surface area contributed by atoms with Gasteiger partial charge in [-0.05, 0) is 29.8 Å². The number of carbonyl (C=O) groups is 1. The van der Waals surface area contributed by atoms with Crippen LogP contribution in [0.1, 0.15) is 9.67 Å². The Balaban J connectivity index is 2.15. The molecule has 0 amide bonds. The Bertz CT molecular complexity index is 773. The zero-order chi connectivity index (χ0) is 15.5. The molecule has 0 N–H and O–H groups in total. The summed E-state index contributed by atoms with van der Waals surface area (Å²) in [5.74, 6) is 0.475. The van der Waals surface area contributed by atoms with E-state index in [9.17, 15) is 4.79 Å². The molecule has 3 rings (SSSR count). The van der Waals surface area contributed by atoms with E-state index in [1.807, 2.05) is 58.7 Å². The van der Waals surface area contributed by atoms with Crippen molar-refractivity contribution < 1.29 is 14.3 Å². The van der Waals surface area contributed by atoms with Gasteiger partial charge in [0.2, 0.25) is 0 Å². The first-order valence-corrected chi connectivity index (χ1v) is 7.60. The number of benzene rings is 1. The van der Waals surface area contributed by atoms with Crippen LogP contribution in [0.2, 0.25) is 0 Å². The Hall–Kier alpha value is -2.53. The minimum Gasteiger partial charge on any atom is -0.497 e. The van der Waals surface area contributed by atoms with Gasteiger partial charge in [-0.1, -0.05) is 12.1 Å². The molecule has 1 aromatic carbocycles. The second kappa shape index (κ2) is 6.07. The number of hydrogen-bond donors (Lipinski definition) is 0. The van der Waals surface area contributed by atoms with Crippen LogP contribution in [-0.4, -0.2) is 24.8 Å². The monoisotopic (exact) mass is 313 g/mol. The molecule has 0 saturated carbocycles. The summed E-state index contributed by atoms with van der Waals surface area (Å²) in [7, 11) is 3.04. The van der Waals surface area contributed by atoms with Crippen molar-refractivity contribution in [1.82, 2.24) is 4.57 Å². The Labute approximate surface area is 132 Å². The molecule has 112 valence electrons. The molecule has 0 saturated heterocycles. The molecule has 2 heterocycles. The number of nitrogens with zero attached hydrogens (tertiary/aromatic N) is 1. The zero-order valence-corrected chi connectivity index (χ0v) is 13.1. The number of esters is 1. The summed E-state index contributed by atoms with van der Waals surface area (Å²) in [6.07, 6.45) is 3.84. The lowest BCUT2D eigenvalue weighted by molar-refractivity contribution is 0.0606. The van der Waals surface area contributed by atoms with Crippen LogP contribution in [0.3, 0.4) is 0 Å². The van der Waals surface area contributed by atoms with Crippen molar-refractivity contribution >= 4 is 17.3 Å². The maximum absolute atomic E-state index is 12.0. The van der Waals surface area contributed by atoms with E-state index in [0.29, 0.717) is 4.88 Å². The largest absolute Gasteiger partial charge is 0.497 e. The molecule has 3 aromatic rings. The van der Waals surface area contributed by atoms with Gasteiger partial charge in [0.15, 0.2) is 0 Å². The fourth-order valence-corrected chi connectivity index (χ4v) is 3.29. The van der Waals surface area contributed by atoms with Gasteiger partial charge in [-0.15, -0.1) is 11.3 Å². The minimum atomic E-state index is -0.325. The number of hydrogen-bond acceptors (Lipinski definition) is 4. The second-order valence-electron chi connectivity index (χ2n) is 4.64. The maximum atomic E-state index is 12.0. The highest BCUT2D eigenvalue weighted by Crippen LogP contribution is 2.36. The van der Waals surface area contributed by atoms with Crippen molar-refractivity contribution in [2.75, 3.05) is 14.2 Å². The summed E-state index contributed by atoms with van der Waals surface area (Å²) >= 11 is 1.39. The van der Waals surface area contributed by atoms with E-state index < -0.39 is 0 Å². The molecule has 0 aliphatic heterocycles. The normalized spacial score (nSPS) is 10.5. The van der Waals surface area contributed by atoms with Gasteiger partial charge >= 0.3 is 5.97 Å². The van der Waals surface area contributed by atoms with Gasteiger partial charge in [0.1, 0.15) is 10.6 Å². The molecule has 2 aromatic heterocycles. The van der Waals surface area contributed by atoms with Gasteiger partial charge in [-0.2, -0.15) is 0 Å². The van der Waals surface area contributed by atoms with Crippen LogP contribution in [-0.2, 0) is 4.74 Å². The van der Waals surface area contributed by atoms with Crippen molar-refractivity contribution in [2.24, 2.45) is 0 Å². The van der Waals surface area contributed by atoms with Crippen LogP contribution in [0, 0.1) is 0 Å². The van der Waals surface area contributed by atoms with Crippen molar-refractivity contribution in [1.29, 1.82) is 0 Å². The number of methoxy groups -OCH3 is 2. The predicted molar refractivity (Wildman–Crippen MR) is 87.0 cm³/mol. The Kier molecular flexibility index (Phi) is 3.98. The molecular formula is C17H15NO3S. The Morgan fingerprint density at radius 1 is 1.09 bits per heavy atom. The highest BCUT2D eigenvalue weighted by molar-refractivity contribution is 7.13. The SMILES string of the molecule is COC(=O)c1scc(-c2ccc(OC)cc2)c1-n1cccc1. The molecule has 0 bridgehead atoms.